The molecule has 1 N–H and O–H groups in total. The molecule has 0 aliphatic carbocycles. The highest BCUT2D eigenvalue weighted by atomic mass is 32.2. The standard InChI is InChI=1S/C19H20FN3O4S2/c1-29(25,26)23(16-4-2-3-15(20)9-16)11-19(24)22-21-10-14-5-7-17(8-6-14)27-18-12-28-13-18/h2-10,18H,11-13H2,1H3,(H,22,24)/b21-10-. The van der Waals surface area contributed by atoms with Gasteiger partial charge in [-0.3, -0.25) is 9.10 Å². The summed E-state index contributed by atoms with van der Waals surface area (Å²) in [5.74, 6) is 1.51. The van der Waals surface area contributed by atoms with Gasteiger partial charge in [-0.1, -0.05) is 6.07 Å². The van der Waals surface area contributed by atoms with Gasteiger partial charge in [0.15, 0.2) is 0 Å². The van der Waals surface area contributed by atoms with Gasteiger partial charge in [-0.15, -0.1) is 0 Å². The molecule has 1 aliphatic heterocycles. The lowest BCUT2D eigenvalue weighted by molar-refractivity contribution is -0.119. The molecule has 1 saturated heterocycles. The summed E-state index contributed by atoms with van der Waals surface area (Å²) >= 11 is 1.84. The van der Waals surface area contributed by atoms with Gasteiger partial charge in [-0.2, -0.15) is 16.9 Å². The van der Waals surface area contributed by atoms with Crippen LogP contribution in [-0.2, 0) is 14.8 Å². The molecule has 1 amide bonds. The number of halogens is 1. The minimum Gasteiger partial charge on any atom is -0.489 e. The number of nitrogens with zero attached hydrogens (tertiary/aromatic N) is 2. The number of hydrazone groups is 1. The lowest BCUT2D eigenvalue weighted by atomic mass is 10.2. The third kappa shape index (κ3) is 6.20. The molecule has 10 heteroatoms. The molecule has 0 spiro atoms. The van der Waals surface area contributed by atoms with E-state index in [9.17, 15) is 17.6 Å². The average molecular weight is 438 g/mol. The molecule has 7 nitrogen and oxygen atoms in total. The van der Waals surface area contributed by atoms with Crippen LogP contribution in [0.25, 0.3) is 0 Å². The summed E-state index contributed by atoms with van der Waals surface area (Å²) in [5, 5.41) is 3.84. The van der Waals surface area contributed by atoms with Crippen molar-refractivity contribution in [2.45, 2.75) is 6.10 Å². The van der Waals surface area contributed by atoms with Gasteiger partial charge in [-0.25, -0.2) is 18.2 Å². The zero-order chi connectivity index (χ0) is 20.9. The number of carbonyl (C=O) groups is 1. The zero-order valence-electron chi connectivity index (χ0n) is 15.6. The van der Waals surface area contributed by atoms with Crippen LogP contribution < -0.4 is 14.5 Å². The summed E-state index contributed by atoms with van der Waals surface area (Å²) in [6.45, 7) is -0.522. The third-order valence-electron chi connectivity index (χ3n) is 3.98. The highest BCUT2D eigenvalue weighted by molar-refractivity contribution is 8.00. The van der Waals surface area contributed by atoms with E-state index in [-0.39, 0.29) is 11.8 Å². The third-order valence-corrected chi connectivity index (χ3v) is 6.33. The molecule has 0 unspecified atom stereocenters. The molecular weight excluding hydrogens is 417 g/mol. The lowest BCUT2D eigenvalue weighted by Gasteiger charge is -2.25. The predicted molar refractivity (Wildman–Crippen MR) is 113 cm³/mol. The number of rotatable bonds is 8. The first-order valence-electron chi connectivity index (χ1n) is 8.71. The topological polar surface area (TPSA) is 88.1 Å². The molecule has 0 radical (unpaired) electrons. The summed E-state index contributed by atoms with van der Waals surface area (Å²) in [5.41, 5.74) is 3.08. The summed E-state index contributed by atoms with van der Waals surface area (Å²) in [6.07, 6.45) is 2.64. The van der Waals surface area contributed by atoms with Crippen molar-refractivity contribution in [2.24, 2.45) is 5.10 Å². The summed E-state index contributed by atoms with van der Waals surface area (Å²) in [7, 11) is -3.78. The van der Waals surface area contributed by atoms with E-state index in [4.69, 9.17) is 4.74 Å². The molecule has 29 heavy (non-hydrogen) atoms. The van der Waals surface area contributed by atoms with Crippen LogP contribution in [0.5, 0.6) is 5.75 Å². The largest absolute Gasteiger partial charge is 0.489 e. The normalized spacial score (nSPS) is 14.4. The van der Waals surface area contributed by atoms with Crippen molar-refractivity contribution in [3.63, 3.8) is 0 Å². The maximum atomic E-state index is 13.4. The van der Waals surface area contributed by atoms with E-state index in [2.05, 4.69) is 10.5 Å². The molecule has 0 aromatic heterocycles. The zero-order valence-corrected chi connectivity index (χ0v) is 17.2. The highest BCUT2D eigenvalue weighted by Crippen LogP contribution is 2.23. The van der Waals surface area contributed by atoms with E-state index < -0.39 is 28.3 Å². The van der Waals surface area contributed by atoms with Gasteiger partial charge < -0.3 is 4.74 Å². The van der Waals surface area contributed by atoms with Gasteiger partial charge in [0.1, 0.15) is 24.2 Å². The lowest BCUT2D eigenvalue weighted by Crippen LogP contribution is -2.39. The molecule has 0 saturated carbocycles. The monoisotopic (exact) mass is 437 g/mol. The van der Waals surface area contributed by atoms with Crippen LogP contribution in [0.1, 0.15) is 5.56 Å². The van der Waals surface area contributed by atoms with E-state index in [1.807, 2.05) is 23.9 Å². The highest BCUT2D eigenvalue weighted by Gasteiger charge is 2.21. The number of nitrogens with one attached hydrogen (secondary N) is 1. The number of amides is 1. The summed E-state index contributed by atoms with van der Waals surface area (Å²) in [4.78, 5) is 12.1. The Balaban J connectivity index is 1.57. The Labute approximate surface area is 173 Å². The van der Waals surface area contributed by atoms with E-state index in [1.165, 1.54) is 24.4 Å². The molecule has 0 bridgehead atoms. The number of carbonyl (C=O) groups excluding carboxylic acids is 1. The minimum atomic E-state index is -3.78. The molecule has 1 aliphatic rings. The number of hydrogen-bond donors (Lipinski definition) is 1. The van der Waals surface area contributed by atoms with Crippen LogP contribution in [-0.4, -0.2) is 50.9 Å². The van der Waals surface area contributed by atoms with Gasteiger partial charge in [0.05, 0.1) is 18.2 Å². The van der Waals surface area contributed by atoms with Crippen LogP contribution in [0.4, 0.5) is 10.1 Å². The van der Waals surface area contributed by atoms with Gasteiger partial charge in [0.25, 0.3) is 5.91 Å². The van der Waals surface area contributed by atoms with Crippen molar-refractivity contribution in [1.29, 1.82) is 0 Å². The van der Waals surface area contributed by atoms with E-state index in [0.717, 1.165) is 39.4 Å². The molecule has 154 valence electrons. The minimum absolute atomic E-state index is 0.0621. The van der Waals surface area contributed by atoms with Crippen molar-refractivity contribution in [3.8, 4) is 5.75 Å². The molecule has 1 heterocycles. The number of hydrogen-bond acceptors (Lipinski definition) is 6. The maximum absolute atomic E-state index is 13.4. The first-order valence-corrected chi connectivity index (χ1v) is 11.7. The average Bonchev–Trinajstić information content (AvgIpc) is 2.63. The fourth-order valence-corrected chi connectivity index (χ4v) is 3.90. The maximum Gasteiger partial charge on any atom is 0.260 e. The molecule has 2 aromatic rings. The van der Waals surface area contributed by atoms with Gasteiger partial charge in [-0.05, 0) is 48.0 Å². The fourth-order valence-electron chi connectivity index (χ4n) is 2.48. The predicted octanol–water partition coefficient (Wildman–Crippen LogP) is 2.24. The quantitative estimate of drug-likeness (QED) is 0.506. The second-order valence-electron chi connectivity index (χ2n) is 6.39. The summed E-state index contributed by atoms with van der Waals surface area (Å²) in [6, 6.07) is 12.3. The number of thioether (sulfide) groups is 1. The number of anilines is 1. The van der Waals surface area contributed by atoms with Gasteiger partial charge >= 0.3 is 0 Å². The molecule has 1 fully saturated rings. The Kier molecular flexibility index (Phi) is 6.75. The Hall–Kier alpha value is -2.59. The van der Waals surface area contributed by atoms with Gasteiger partial charge in [0.2, 0.25) is 10.0 Å². The van der Waals surface area contributed by atoms with E-state index >= 15 is 0 Å². The second-order valence-corrected chi connectivity index (χ2v) is 9.37. The van der Waals surface area contributed by atoms with Crippen molar-refractivity contribution >= 4 is 39.6 Å². The number of ether oxygens (including phenoxy) is 1. The van der Waals surface area contributed by atoms with Gasteiger partial charge in [0, 0.05) is 11.5 Å². The Bertz CT molecular complexity index is 993. The smallest absolute Gasteiger partial charge is 0.260 e. The van der Waals surface area contributed by atoms with Crippen LogP contribution in [0, 0.1) is 5.82 Å². The molecule has 0 atom stereocenters. The Morgan fingerprint density at radius 2 is 2.03 bits per heavy atom. The van der Waals surface area contributed by atoms with Crippen LogP contribution in [0.15, 0.2) is 53.6 Å². The molecular formula is C19H20FN3O4S2. The summed E-state index contributed by atoms with van der Waals surface area (Å²) < 4.78 is 43.9. The fraction of sp³-hybridized carbons (Fsp3) is 0.263. The van der Waals surface area contributed by atoms with Crippen molar-refractivity contribution < 1.29 is 22.3 Å². The van der Waals surface area contributed by atoms with Crippen LogP contribution in [0.2, 0.25) is 0 Å². The van der Waals surface area contributed by atoms with E-state index in [0.29, 0.717) is 0 Å². The van der Waals surface area contributed by atoms with Crippen LogP contribution in [0.3, 0.4) is 0 Å². The number of sulfonamides is 1. The molecule has 3 rings (SSSR count). The van der Waals surface area contributed by atoms with E-state index in [1.54, 1.807) is 12.1 Å². The van der Waals surface area contributed by atoms with Crippen LogP contribution >= 0.6 is 11.8 Å². The van der Waals surface area contributed by atoms with Crippen molar-refractivity contribution in [1.82, 2.24) is 5.43 Å². The van der Waals surface area contributed by atoms with Crippen molar-refractivity contribution in [3.05, 3.63) is 59.9 Å². The first-order chi connectivity index (χ1) is 13.8. The van der Waals surface area contributed by atoms with Crippen molar-refractivity contribution in [2.75, 3.05) is 28.6 Å². The molecule has 2 aromatic carbocycles. The Morgan fingerprint density at radius 1 is 1.31 bits per heavy atom. The Morgan fingerprint density at radius 3 is 2.62 bits per heavy atom. The second kappa shape index (κ2) is 9.27. The number of benzene rings is 2. The first kappa shape index (κ1) is 21.1. The SMILES string of the molecule is CS(=O)(=O)N(CC(=O)N/N=C\c1ccc(OC2CSC2)cc1)c1cccc(F)c1.